The summed E-state index contributed by atoms with van der Waals surface area (Å²) >= 11 is 0. The van der Waals surface area contributed by atoms with Crippen LogP contribution in [-0.4, -0.2) is 49.7 Å². The fourth-order valence-electron chi connectivity index (χ4n) is 4.83. The van der Waals surface area contributed by atoms with Gasteiger partial charge >= 0.3 is 0 Å². The van der Waals surface area contributed by atoms with E-state index >= 15 is 0 Å². The van der Waals surface area contributed by atoms with E-state index in [0.717, 1.165) is 74.6 Å². The van der Waals surface area contributed by atoms with Gasteiger partial charge in [0.15, 0.2) is 0 Å². The fourth-order valence-corrected chi connectivity index (χ4v) is 5.35. The third kappa shape index (κ3) is 6.60. The first-order valence-electron chi connectivity index (χ1n) is 13.7. The topological polar surface area (TPSA) is 94.3 Å². The van der Waals surface area contributed by atoms with Crippen LogP contribution in [-0.2, 0) is 13.1 Å². The molecule has 4 N–H and O–H groups in total. The highest BCUT2D eigenvalue weighted by atomic mass is 32.2. The lowest BCUT2D eigenvalue weighted by Crippen LogP contribution is -2.11. The van der Waals surface area contributed by atoms with E-state index in [1.165, 1.54) is 6.07 Å². The van der Waals surface area contributed by atoms with Gasteiger partial charge in [0.1, 0.15) is 17.0 Å². The number of aryl methyl sites for hydroxylation is 1. The molecule has 0 bridgehead atoms. The highest BCUT2D eigenvalue weighted by molar-refractivity contribution is 8.25. The average Bonchev–Trinajstić information content (AvgIpc) is 3.56. The Labute approximate surface area is 246 Å². The number of benzene rings is 1. The van der Waals surface area contributed by atoms with Crippen molar-refractivity contribution < 1.29 is 4.39 Å². The predicted molar refractivity (Wildman–Crippen MR) is 177 cm³/mol. The SMILES string of the molecule is C=C/C=C(/c1cc(F)cc(CNS(=C)(=C)C)c1)c1cc(-c2n[nH]c3ccc(-c4cncc(CNCC)c4)nc23)[nH]c1C. The van der Waals surface area contributed by atoms with Crippen molar-refractivity contribution in [3.8, 4) is 22.6 Å². The monoisotopic (exact) mass is 581 g/mol. The van der Waals surface area contributed by atoms with Crippen LogP contribution in [0.5, 0.6) is 0 Å². The first kappa shape index (κ1) is 29.2. The third-order valence-corrected chi connectivity index (χ3v) is 7.66. The molecule has 0 saturated heterocycles. The number of nitrogens with one attached hydrogen (secondary N) is 4. The molecule has 0 atom stereocenters. The number of H-pyrrole nitrogens is 2. The summed E-state index contributed by atoms with van der Waals surface area (Å²) in [5.74, 6) is 7.81. The molecule has 0 radical (unpaired) electrons. The predicted octanol–water partition coefficient (Wildman–Crippen LogP) is 6.49. The van der Waals surface area contributed by atoms with E-state index in [1.807, 2.05) is 55.9 Å². The number of allylic oxidation sites excluding steroid dienone is 2. The Balaban J connectivity index is 1.52. The van der Waals surface area contributed by atoms with Crippen molar-refractivity contribution in [1.29, 1.82) is 0 Å². The molecule has 42 heavy (non-hydrogen) atoms. The largest absolute Gasteiger partial charge is 0.357 e. The lowest BCUT2D eigenvalue weighted by atomic mass is 9.95. The van der Waals surface area contributed by atoms with Gasteiger partial charge in [-0.2, -0.15) is 14.5 Å². The number of hydrogen-bond donors (Lipinski definition) is 4. The quantitative estimate of drug-likeness (QED) is 0.106. The number of nitrogens with zero attached hydrogens (tertiary/aromatic N) is 3. The molecule has 0 fully saturated rings. The number of fused-ring (bicyclic) bond motifs is 1. The second kappa shape index (κ2) is 12.3. The fraction of sp³-hybridized carbons (Fsp3) is 0.182. The maximum absolute atomic E-state index is 14.8. The Morgan fingerprint density at radius 1 is 1.07 bits per heavy atom. The zero-order valence-electron chi connectivity index (χ0n) is 24.2. The summed E-state index contributed by atoms with van der Waals surface area (Å²) in [6.07, 6.45) is 9.26. The van der Waals surface area contributed by atoms with Gasteiger partial charge < -0.3 is 10.3 Å². The standard InChI is InChI=1S/C33H36FN7S/c1-7-9-27(24-12-22(14-26(34)15-24)19-37-42(4,5)6)28-16-31(38-21(28)3)33-32-30(40-41-33)11-10-29(39-32)25-13-23(17-35-8-2)18-36-20-25/h7,9-16,18,20,35,37-38H,1,4-5,8,17,19H2,2-3,6H3,(H,40,41)/b27-9-. The summed E-state index contributed by atoms with van der Waals surface area (Å²) in [6.45, 7) is 10.1. The van der Waals surface area contributed by atoms with Crippen molar-refractivity contribution in [3.63, 3.8) is 0 Å². The number of aromatic nitrogens is 5. The Morgan fingerprint density at radius 3 is 2.67 bits per heavy atom. The van der Waals surface area contributed by atoms with Crippen LogP contribution in [0.3, 0.4) is 0 Å². The van der Waals surface area contributed by atoms with Gasteiger partial charge in [-0.15, -0.1) is 0 Å². The first-order chi connectivity index (χ1) is 20.1. The molecule has 4 heterocycles. The maximum Gasteiger partial charge on any atom is 0.135 e. The number of halogens is 1. The molecule has 0 spiro atoms. The summed E-state index contributed by atoms with van der Waals surface area (Å²) in [4.78, 5) is 12.9. The Morgan fingerprint density at radius 2 is 1.90 bits per heavy atom. The van der Waals surface area contributed by atoms with Gasteiger partial charge in [0.05, 0.1) is 16.9 Å². The summed E-state index contributed by atoms with van der Waals surface area (Å²) in [5.41, 5.74) is 10.2. The molecule has 5 aromatic rings. The number of hydrogen-bond acceptors (Lipinski definition) is 5. The molecule has 0 aliphatic carbocycles. The Hall–Kier alpha value is -4.31. The van der Waals surface area contributed by atoms with Gasteiger partial charge in [-0.1, -0.05) is 37.4 Å². The van der Waals surface area contributed by atoms with Crippen LogP contribution in [0, 0.1) is 12.7 Å². The summed E-state index contributed by atoms with van der Waals surface area (Å²) in [5, 5.41) is 11.0. The van der Waals surface area contributed by atoms with Crippen molar-refractivity contribution >= 4 is 37.7 Å². The van der Waals surface area contributed by atoms with Crippen molar-refractivity contribution in [3.05, 3.63) is 107 Å². The molecule has 0 amide bonds. The summed E-state index contributed by atoms with van der Waals surface area (Å²) in [6, 6.07) is 13.2. The second-order valence-corrected chi connectivity index (χ2v) is 13.3. The van der Waals surface area contributed by atoms with Crippen LogP contribution < -0.4 is 10.0 Å². The number of rotatable bonds is 11. The van der Waals surface area contributed by atoms with Gasteiger partial charge in [-0.25, -0.2) is 9.37 Å². The van der Waals surface area contributed by atoms with Gasteiger partial charge in [0.2, 0.25) is 0 Å². The number of aromatic amines is 2. The van der Waals surface area contributed by atoms with E-state index in [-0.39, 0.29) is 5.82 Å². The molecule has 0 saturated carbocycles. The minimum Gasteiger partial charge on any atom is -0.357 e. The van der Waals surface area contributed by atoms with E-state index in [0.29, 0.717) is 12.2 Å². The van der Waals surface area contributed by atoms with E-state index in [2.05, 4.69) is 61.5 Å². The zero-order chi connectivity index (χ0) is 29.9. The van der Waals surface area contributed by atoms with Crippen molar-refractivity contribution in [2.45, 2.75) is 26.9 Å². The maximum atomic E-state index is 14.8. The molecule has 1 aromatic carbocycles. The third-order valence-electron chi connectivity index (χ3n) is 6.82. The minimum absolute atomic E-state index is 0.309. The molecule has 9 heteroatoms. The van der Waals surface area contributed by atoms with Crippen LogP contribution in [0.15, 0.2) is 73.6 Å². The Kier molecular flexibility index (Phi) is 8.54. The van der Waals surface area contributed by atoms with Crippen LogP contribution in [0.1, 0.15) is 34.9 Å². The average molecular weight is 582 g/mol. The molecule has 4 aromatic heterocycles. The molecule has 0 aliphatic heterocycles. The molecule has 0 unspecified atom stereocenters. The van der Waals surface area contributed by atoms with E-state index in [9.17, 15) is 4.39 Å². The highest BCUT2D eigenvalue weighted by Gasteiger charge is 2.18. The van der Waals surface area contributed by atoms with Crippen LogP contribution in [0.25, 0.3) is 39.3 Å². The normalized spacial score (nSPS) is 12.2. The summed E-state index contributed by atoms with van der Waals surface area (Å²) in [7, 11) is -1.43. The molecule has 216 valence electrons. The number of pyridine rings is 2. The Bertz CT molecular complexity index is 1900. The van der Waals surface area contributed by atoms with Gasteiger partial charge in [0.25, 0.3) is 0 Å². The minimum atomic E-state index is -1.43. The summed E-state index contributed by atoms with van der Waals surface area (Å²) < 4.78 is 18.1. The van der Waals surface area contributed by atoms with Crippen LogP contribution in [0.4, 0.5) is 4.39 Å². The second-order valence-electron chi connectivity index (χ2n) is 10.5. The lowest BCUT2D eigenvalue weighted by Gasteiger charge is -2.13. The molecular formula is C33H36FN7S. The highest BCUT2D eigenvalue weighted by Crippen LogP contribution is 2.34. The molecule has 7 nitrogen and oxygen atoms in total. The van der Waals surface area contributed by atoms with E-state index in [4.69, 9.17) is 4.98 Å². The van der Waals surface area contributed by atoms with Gasteiger partial charge in [-0.05, 0) is 84.5 Å². The molecular weight excluding hydrogens is 545 g/mol. The van der Waals surface area contributed by atoms with Crippen molar-refractivity contribution in [1.82, 2.24) is 35.2 Å². The van der Waals surface area contributed by atoms with Gasteiger partial charge in [0, 0.05) is 42.3 Å². The smallest absolute Gasteiger partial charge is 0.135 e. The van der Waals surface area contributed by atoms with Crippen LogP contribution >= 0.6 is 9.39 Å². The van der Waals surface area contributed by atoms with E-state index in [1.54, 1.807) is 12.1 Å². The molecule has 5 rings (SSSR count). The van der Waals surface area contributed by atoms with Gasteiger partial charge in [-0.3, -0.25) is 14.8 Å². The van der Waals surface area contributed by atoms with Crippen molar-refractivity contribution in [2.24, 2.45) is 0 Å². The van der Waals surface area contributed by atoms with Crippen LogP contribution in [0.2, 0.25) is 0 Å². The lowest BCUT2D eigenvalue weighted by molar-refractivity contribution is 0.624. The van der Waals surface area contributed by atoms with E-state index < -0.39 is 9.39 Å². The van der Waals surface area contributed by atoms with Crippen molar-refractivity contribution in [2.75, 3.05) is 12.8 Å². The first-order valence-corrected chi connectivity index (χ1v) is 16.0. The zero-order valence-corrected chi connectivity index (χ0v) is 25.0. The molecule has 0 aliphatic rings.